The topological polar surface area (TPSA) is 89.9 Å². The number of hydrogen-bond acceptors (Lipinski definition) is 7. The molecule has 1 aliphatic heterocycles. The SMILES string of the molecule is CCC.CCC1CCc2cc(-c3ncccn3)c(C)nc2N1.CCCC(=O)C(C)c1cc(OC)ncc1F. The van der Waals surface area contributed by atoms with Crippen molar-refractivity contribution in [2.24, 2.45) is 0 Å². The number of nitrogens with one attached hydrogen (secondary N) is 1. The number of Topliss-reactive ketones (excluding diaryl/α,β-unsaturated/α-hetero) is 1. The number of hydrogen-bond donors (Lipinski definition) is 1. The van der Waals surface area contributed by atoms with Gasteiger partial charge in [-0.15, -0.1) is 0 Å². The summed E-state index contributed by atoms with van der Waals surface area (Å²) in [6.07, 6.45) is 10.5. The number of fused-ring (bicyclic) bond motifs is 1. The van der Waals surface area contributed by atoms with Crippen molar-refractivity contribution in [3.63, 3.8) is 0 Å². The number of carbonyl (C=O) groups is 1. The summed E-state index contributed by atoms with van der Waals surface area (Å²) in [4.78, 5) is 28.7. The minimum Gasteiger partial charge on any atom is -0.481 e. The number of anilines is 1. The predicted molar refractivity (Wildman–Crippen MR) is 151 cm³/mol. The molecule has 4 rings (SSSR count). The first-order valence-electron chi connectivity index (χ1n) is 13.6. The van der Waals surface area contributed by atoms with E-state index in [0.717, 1.165) is 48.4 Å². The van der Waals surface area contributed by atoms with E-state index >= 15 is 0 Å². The van der Waals surface area contributed by atoms with E-state index in [9.17, 15) is 9.18 Å². The number of carbonyl (C=O) groups excluding carboxylic acids is 1. The van der Waals surface area contributed by atoms with Crippen molar-refractivity contribution in [3.8, 4) is 17.3 Å². The molecule has 206 valence electrons. The van der Waals surface area contributed by atoms with Gasteiger partial charge in [0, 0.05) is 48.0 Å². The lowest BCUT2D eigenvalue weighted by Crippen LogP contribution is -2.25. The summed E-state index contributed by atoms with van der Waals surface area (Å²) in [6, 6.07) is 6.05. The number of ether oxygens (including phenoxy) is 1. The first-order valence-corrected chi connectivity index (χ1v) is 13.6. The average molecular weight is 524 g/mol. The molecule has 38 heavy (non-hydrogen) atoms. The number of aryl methyl sites for hydroxylation is 2. The van der Waals surface area contributed by atoms with Crippen molar-refractivity contribution in [2.45, 2.75) is 92.0 Å². The molecule has 0 amide bonds. The van der Waals surface area contributed by atoms with Gasteiger partial charge in [0.1, 0.15) is 17.4 Å². The molecule has 0 aromatic carbocycles. The highest BCUT2D eigenvalue weighted by Crippen LogP contribution is 2.29. The molecule has 0 spiro atoms. The van der Waals surface area contributed by atoms with Crippen LogP contribution in [0.2, 0.25) is 0 Å². The fourth-order valence-corrected chi connectivity index (χ4v) is 4.04. The maximum Gasteiger partial charge on any atom is 0.213 e. The lowest BCUT2D eigenvalue weighted by molar-refractivity contribution is -0.120. The molecule has 2 atom stereocenters. The molecule has 1 N–H and O–H groups in total. The largest absolute Gasteiger partial charge is 0.481 e. The van der Waals surface area contributed by atoms with Crippen LogP contribution in [0.25, 0.3) is 11.4 Å². The van der Waals surface area contributed by atoms with Crippen LogP contribution in [0.15, 0.2) is 36.8 Å². The van der Waals surface area contributed by atoms with Crippen LogP contribution in [-0.4, -0.2) is 38.9 Å². The third-order valence-corrected chi connectivity index (χ3v) is 6.21. The Labute approximate surface area is 226 Å². The summed E-state index contributed by atoms with van der Waals surface area (Å²) in [7, 11) is 1.46. The lowest BCUT2D eigenvalue weighted by atomic mass is 9.94. The number of methoxy groups -OCH3 is 1. The summed E-state index contributed by atoms with van der Waals surface area (Å²) < 4.78 is 18.4. The van der Waals surface area contributed by atoms with Crippen molar-refractivity contribution in [3.05, 3.63) is 59.4 Å². The lowest BCUT2D eigenvalue weighted by Gasteiger charge is -2.26. The highest BCUT2D eigenvalue weighted by molar-refractivity contribution is 5.85. The van der Waals surface area contributed by atoms with Gasteiger partial charge in [0.2, 0.25) is 5.88 Å². The summed E-state index contributed by atoms with van der Waals surface area (Å²) >= 11 is 0. The van der Waals surface area contributed by atoms with Gasteiger partial charge in [0.25, 0.3) is 0 Å². The van der Waals surface area contributed by atoms with Crippen LogP contribution in [0.1, 0.15) is 89.5 Å². The molecule has 0 aliphatic carbocycles. The van der Waals surface area contributed by atoms with Gasteiger partial charge < -0.3 is 10.1 Å². The van der Waals surface area contributed by atoms with Crippen LogP contribution in [0, 0.1) is 12.7 Å². The van der Waals surface area contributed by atoms with Crippen molar-refractivity contribution >= 4 is 11.6 Å². The Balaban J connectivity index is 0.000000246. The fourth-order valence-electron chi connectivity index (χ4n) is 4.04. The van der Waals surface area contributed by atoms with E-state index in [0.29, 0.717) is 23.9 Å². The zero-order valence-electron chi connectivity index (χ0n) is 23.8. The number of halogens is 1. The third kappa shape index (κ3) is 8.57. The van der Waals surface area contributed by atoms with Gasteiger partial charge in [-0.2, -0.15) is 0 Å². The van der Waals surface area contributed by atoms with E-state index in [1.165, 1.54) is 31.6 Å². The third-order valence-electron chi connectivity index (χ3n) is 6.21. The Bertz CT molecular complexity index is 1160. The number of rotatable bonds is 7. The normalized spacial score (nSPS) is 14.5. The van der Waals surface area contributed by atoms with E-state index in [4.69, 9.17) is 9.72 Å². The molecule has 0 saturated heterocycles. The van der Waals surface area contributed by atoms with Crippen LogP contribution in [0.5, 0.6) is 5.88 Å². The van der Waals surface area contributed by atoms with Crippen molar-refractivity contribution in [1.29, 1.82) is 0 Å². The van der Waals surface area contributed by atoms with Gasteiger partial charge in [-0.25, -0.2) is 24.3 Å². The highest BCUT2D eigenvalue weighted by atomic mass is 19.1. The minimum atomic E-state index is -0.460. The first-order chi connectivity index (χ1) is 18.3. The Kier molecular flexibility index (Phi) is 12.8. The molecule has 0 bridgehead atoms. The van der Waals surface area contributed by atoms with Crippen molar-refractivity contribution in [1.82, 2.24) is 19.9 Å². The monoisotopic (exact) mass is 523 g/mol. The molecular formula is C30H42FN5O2. The number of ketones is 1. The molecular weight excluding hydrogens is 481 g/mol. The van der Waals surface area contributed by atoms with E-state index in [1.807, 2.05) is 19.9 Å². The summed E-state index contributed by atoms with van der Waals surface area (Å²) in [6.45, 7) is 12.1. The Morgan fingerprint density at radius 1 is 1.16 bits per heavy atom. The predicted octanol–water partition coefficient (Wildman–Crippen LogP) is 7.10. The van der Waals surface area contributed by atoms with Gasteiger partial charge in [-0.05, 0) is 50.3 Å². The van der Waals surface area contributed by atoms with Crippen LogP contribution in [0.4, 0.5) is 10.2 Å². The molecule has 3 aromatic heterocycles. The van der Waals surface area contributed by atoms with Gasteiger partial charge in [0.15, 0.2) is 5.82 Å². The van der Waals surface area contributed by atoms with Gasteiger partial charge in [-0.1, -0.05) is 41.0 Å². The Morgan fingerprint density at radius 3 is 2.45 bits per heavy atom. The average Bonchev–Trinajstić information content (AvgIpc) is 2.93. The first kappa shape index (κ1) is 30.8. The highest BCUT2D eigenvalue weighted by Gasteiger charge is 2.20. The zero-order chi connectivity index (χ0) is 28.1. The molecule has 2 unspecified atom stereocenters. The molecule has 0 radical (unpaired) electrons. The standard InChI is InChI=1S/C15H18N4.C12H16FNO2.C3H8/c1-3-12-6-5-11-9-13(10(2)18-14(11)19-12)15-16-7-4-8-17-15;1-4-5-11(15)8(2)9-6-12(16-3)14-7-10(9)13;1-3-2/h4,7-9,12H,3,5-6H2,1-2H3,(H,18,19);6-8H,4-5H2,1-3H3;3H2,1-2H3. The van der Waals surface area contributed by atoms with Crippen molar-refractivity contribution in [2.75, 3.05) is 12.4 Å². The second-order valence-electron chi connectivity index (χ2n) is 9.38. The summed E-state index contributed by atoms with van der Waals surface area (Å²) in [5, 5.41) is 3.51. The zero-order valence-corrected chi connectivity index (χ0v) is 23.8. The van der Waals surface area contributed by atoms with E-state index in [1.54, 1.807) is 19.3 Å². The Morgan fingerprint density at radius 2 is 1.84 bits per heavy atom. The molecule has 4 heterocycles. The molecule has 7 nitrogen and oxygen atoms in total. The van der Waals surface area contributed by atoms with Gasteiger partial charge >= 0.3 is 0 Å². The maximum absolute atomic E-state index is 13.5. The Hall–Kier alpha value is -3.42. The van der Waals surface area contributed by atoms with E-state index in [-0.39, 0.29) is 5.78 Å². The van der Waals surface area contributed by atoms with E-state index in [2.05, 4.69) is 47.1 Å². The molecule has 3 aromatic rings. The number of nitrogens with zero attached hydrogens (tertiary/aromatic N) is 4. The second kappa shape index (κ2) is 15.7. The van der Waals surface area contributed by atoms with Crippen LogP contribution in [0.3, 0.4) is 0 Å². The molecule has 8 heteroatoms. The van der Waals surface area contributed by atoms with Crippen LogP contribution < -0.4 is 10.1 Å². The summed E-state index contributed by atoms with van der Waals surface area (Å²) in [5.41, 5.74) is 3.65. The van der Waals surface area contributed by atoms with E-state index < -0.39 is 11.7 Å². The number of pyridine rings is 2. The maximum atomic E-state index is 13.5. The molecule has 1 aliphatic rings. The van der Waals surface area contributed by atoms with Crippen LogP contribution in [-0.2, 0) is 11.2 Å². The minimum absolute atomic E-state index is 0.0367. The van der Waals surface area contributed by atoms with Gasteiger partial charge in [-0.3, -0.25) is 4.79 Å². The smallest absolute Gasteiger partial charge is 0.213 e. The fraction of sp³-hybridized carbons (Fsp3) is 0.500. The van der Waals surface area contributed by atoms with Gasteiger partial charge in [0.05, 0.1) is 19.0 Å². The molecule has 0 saturated carbocycles. The second-order valence-corrected chi connectivity index (χ2v) is 9.38. The summed E-state index contributed by atoms with van der Waals surface area (Å²) in [5.74, 6) is 1.25. The number of aromatic nitrogens is 4. The molecule has 0 fully saturated rings. The van der Waals surface area contributed by atoms with Crippen LogP contribution >= 0.6 is 0 Å². The van der Waals surface area contributed by atoms with Crippen molar-refractivity contribution < 1.29 is 13.9 Å². The quantitative estimate of drug-likeness (QED) is 0.353.